The molecular formula is C15H15N3O4S2. The number of hydrogen-bond donors (Lipinski definition) is 0. The molecule has 126 valence electrons. The van der Waals surface area contributed by atoms with Crippen molar-refractivity contribution in [3.05, 3.63) is 33.7 Å². The molecule has 0 radical (unpaired) electrons. The van der Waals surface area contributed by atoms with Crippen LogP contribution >= 0.6 is 23.1 Å². The van der Waals surface area contributed by atoms with Crippen molar-refractivity contribution in [1.29, 1.82) is 0 Å². The molecule has 4 heterocycles. The standard InChI is InChI=1S/C15H15N3O4S2/c1-15-3-2-11(19)18(15)10(8-24-15)13(21)22-7-9-6-12(20)17-4-5-23-14(17)16-9/h4-6,10H,2-3,7-8H2,1H3. The molecule has 2 atom stereocenters. The van der Waals surface area contributed by atoms with Gasteiger partial charge in [0.2, 0.25) is 5.91 Å². The van der Waals surface area contributed by atoms with Gasteiger partial charge < -0.3 is 9.64 Å². The molecule has 0 aliphatic carbocycles. The van der Waals surface area contributed by atoms with Crippen molar-refractivity contribution in [2.45, 2.75) is 37.3 Å². The Morgan fingerprint density at radius 1 is 1.50 bits per heavy atom. The molecule has 0 N–H and O–H groups in total. The van der Waals surface area contributed by atoms with Gasteiger partial charge in [-0.3, -0.25) is 14.0 Å². The van der Waals surface area contributed by atoms with Crippen LogP contribution in [0.15, 0.2) is 22.4 Å². The fraction of sp³-hybridized carbons (Fsp3) is 0.467. The third-order valence-corrected chi connectivity index (χ3v) is 6.70. The van der Waals surface area contributed by atoms with Crippen LogP contribution in [-0.2, 0) is 20.9 Å². The predicted molar refractivity (Wildman–Crippen MR) is 89.9 cm³/mol. The number of amides is 1. The Balaban J connectivity index is 1.48. The van der Waals surface area contributed by atoms with E-state index in [1.54, 1.807) is 28.2 Å². The van der Waals surface area contributed by atoms with Crippen LogP contribution in [0.4, 0.5) is 0 Å². The topological polar surface area (TPSA) is 81.0 Å². The highest BCUT2D eigenvalue weighted by Crippen LogP contribution is 2.47. The third kappa shape index (κ3) is 2.42. The molecule has 24 heavy (non-hydrogen) atoms. The molecule has 2 aliphatic rings. The van der Waals surface area contributed by atoms with Crippen molar-refractivity contribution in [3.8, 4) is 0 Å². The predicted octanol–water partition coefficient (Wildman–Crippen LogP) is 1.25. The van der Waals surface area contributed by atoms with E-state index in [4.69, 9.17) is 4.74 Å². The van der Waals surface area contributed by atoms with Gasteiger partial charge in [0.05, 0.1) is 10.6 Å². The summed E-state index contributed by atoms with van der Waals surface area (Å²) in [5, 5.41) is 1.77. The van der Waals surface area contributed by atoms with Gasteiger partial charge in [0.1, 0.15) is 12.6 Å². The number of rotatable bonds is 3. The number of thioether (sulfide) groups is 1. The van der Waals surface area contributed by atoms with E-state index in [0.717, 1.165) is 6.42 Å². The van der Waals surface area contributed by atoms with Gasteiger partial charge in [0.15, 0.2) is 4.96 Å². The molecule has 1 amide bonds. The molecule has 2 unspecified atom stereocenters. The van der Waals surface area contributed by atoms with Gasteiger partial charge in [0.25, 0.3) is 5.56 Å². The molecule has 9 heteroatoms. The molecule has 0 aromatic carbocycles. The summed E-state index contributed by atoms with van der Waals surface area (Å²) in [6, 6.07) is 0.809. The van der Waals surface area contributed by atoms with Gasteiger partial charge in [-0.05, 0) is 13.3 Å². The van der Waals surface area contributed by atoms with E-state index in [0.29, 0.717) is 22.8 Å². The quantitative estimate of drug-likeness (QED) is 0.762. The van der Waals surface area contributed by atoms with E-state index >= 15 is 0 Å². The van der Waals surface area contributed by atoms with Crippen LogP contribution in [0, 0.1) is 0 Å². The smallest absolute Gasteiger partial charge is 0.330 e. The summed E-state index contributed by atoms with van der Waals surface area (Å²) in [5.41, 5.74) is 0.211. The van der Waals surface area contributed by atoms with Crippen LogP contribution in [0.1, 0.15) is 25.5 Å². The first kappa shape index (κ1) is 15.6. The van der Waals surface area contributed by atoms with Crippen molar-refractivity contribution in [2.24, 2.45) is 0 Å². The Morgan fingerprint density at radius 2 is 2.33 bits per heavy atom. The van der Waals surface area contributed by atoms with E-state index in [1.165, 1.54) is 21.8 Å². The van der Waals surface area contributed by atoms with E-state index in [1.807, 2.05) is 6.92 Å². The summed E-state index contributed by atoms with van der Waals surface area (Å²) >= 11 is 2.96. The lowest BCUT2D eigenvalue weighted by atomic mass is 10.2. The van der Waals surface area contributed by atoms with Gasteiger partial charge in [0, 0.05) is 29.8 Å². The highest BCUT2D eigenvalue weighted by molar-refractivity contribution is 8.01. The molecule has 0 bridgehead atoms. The Kier molecular flexibility index (Phi) is 3.65. The first-order valence-corrected chi connectivity index (χ1v) is 9.43. The number of aromatic nitrogens is 2. The number of nitrogens with zero attached hydrogens (tertiary/aromatic N) is 3. The second kappa shape index (κ2) is 5.59. The number of carbonyl (C=O) groups excluding carboxylic acids is 2. The van der Waals surface area contributed by atoms with E-state index in [2.05, 4.69) is 4.98 Å². The molecule has 2 aromatic heterocycles. The molecule has 2 aliphatic heterocycles. The van der Waals surface area contributed by atoms with Crippen molar-refractivity contribution in [3.63, 3.8) is 0 Å². The Hall–Kier alpha value is -1.87. The fourth-order valence-corrected chi connectivity index (χ4v) is 5.35. The molecule has 4 rings (SSSR count). The first-order chi connectivity index (χ1) is 11.5. The number of carbonyl (C=O) groups is 2. The van der Waals surface area contributed by atoms with E-state index in [9.17, 15) is 14.4 Å². The minimum Gasteiger partial charge on any atom is -0.458 e. The third-order valence-electron chi connectivity index (χ3n) is 4.44. The summed E-state index contributed by atoms with van der Waals surface area (Å²) < 4.78 is 6.78. The van der Waals surface area contributed by atoms with E-state index in [-0.39, 0.29) is 22.9 Å². The van der Waals surface area contributed by atoms with Gasteiger partial charge >= 0.3 is 5.97 Å². The maximum atomic E-state index is 12.4. The SMILES string of the molecule is CC12CCC(=O)N1C(C(=O)OCc1cc(=O)n3ccsc3n1)CS2. The summed E-state index contributed by atoms with van der Waals surface area (Å²) in [7, 11) is 0. The average Bonchev–Trinajstić information content (AvgIpc) is 3.21. The molecule has 7 nitrogen and oxygen atoms in total. The van der Waals surface area contributed by atoms with Crippen LogP contribution in [0.5, 0.6) is 0 Å². The van der Waals surface area contributed by atoms with Crippen molar-refractivity contribution >= 4 is 39.9 Å². The number of fused-ring (bicyclic) bond motifs is 2. The fourth-order valence-electron chi connectivity index (χ4n) is 3.20. The maximum absolute atomic E-state index is 12.4. The average molecular weight is 365 g/mol. The normalized spacial score (nSPS) is 26.1. The molecular weight excluding hydrogens is 350 g/mol. The van der Waals surface area contributed by atoms with Crippen LogP contribution in [0.2, 0.25) is 0 Å². The van der Waals surface area contributed by atoms with Crippen LogP contribution in [0.3, 0.4) is 0 Å². The van der Waals surface area contributed by atoms with E-state index < -0.39 is 12.0 Å². The zero-order chi connectivity index (χ0) is 16.9. The summed E-state index contributed by atoms with van der Waals surface area (Å²) in [4.78, 5) is 42.6. The van der Waals surface area contributed by atoms with Gasteiger partial charge in [-0.2, -0.15) is 0 Å². The summed E-state index contributed by atoms with van der Waals surface area (Å²) in [6.07, 6.45) is 2.88. The van der Waals surface area contributed by atoms with Crippen LogP contribution < -0.4 is 5.56 Å². The number of thiazole rings is 1. The molecule has 0 saturated carbocycles. The molecule has 2 aromatic rings. The van der Waals surface area contributed by atoms with Gasteiger partial charge in [-0.1, -0.05) is 0 Å². The largest absolute Gasteiger partial charge is 0.458 e. The Labute approximate surface area is 145 Å². The Bertz CT molecular complexity index is 892. The minimum atomic E-state index is -0.554. The van der Waals surface area contributed by atoms with Crippen LogP contribution in [-0.4, -0.2) is 42.8 Å². The minimum absolute atomic E-state index is 0.000764. The maximum Gasteiger partial charge on any atom is 0.330 e. The molecule has 2 fully saturated rings. The lowest BCUT2D eigenvalue weighted by Gasteiger charge is -2.29. The lowest BCUT2D eigenvalue weighted by Crippen LogP contribution is -2.46. The van der Waals surface area contributed by atoms with Crippen molar-refractivity contribution in [2.75, 3.05) is 5.75 Å². The number of hydrogen-bond acceptors (Lipinski definition) is 7. The number of esters is 1. The van der Waals surface area contributed by atoms with Crippen molar-refractivity contribution < 1.29 is 14.3 Å². The van der Waals surface area contributed by atoms with Gasteiger partial charge in [-0.15, -0.1) is 23.1 Å². The summed E-state index contributed by atoms with van der Waals surface area (Å²) in [5.74, 6) is 0.108. The lowest BCUT2D eigenvalue weighted by molar-refractivity contribution is -0.154. The zero-order valence-corrected chi connectivity index (χ0v) is 14.6. The molecule has 0 spiro atoms. The zero-order valence-electron chi connectivity index (χ0n) is 12.9. The van der Waals surface area contributed by atoms with Crippen molar-refractivity contribution in [1.82, 2.24) is 14.3 Å². The summed E-state index contributed by atoms with van der Waals surface area (Å²) in [6.45, 7) is 1.92. The second-order valence-electron chi connectivity index (χ2n) is 6.01. The van der Waals surface area contributed by atoms with Crippen LogP contribution in [0.25, 0.3) is 4.96 Å². The molecule has 2 saturated heterocycles. The Morgan fingerprint density at radius 3 is 3.17 bits per heavy atom. The van der Waals surface area contributed by atoms with Gasteiger partial charge in [-0.25, -0.2) is 9.78 Å². The first-order valence-electron chi connectivity index (χ1n) is 7.56. The monoisotopic (exact) mass is 365 g/mol. The second-order valence-corrected chi connectivity index (χ2v) is 8.39. The highest BCUT2D eigenvalue weighted by atomic mass is 32.2. The number of ether oxygens (including phenoxy) is 1. The highest BCUT2D eigenvalue weighted by Gasteiger charge is 2.53.